The number of pyridine rings is 2. The van der Waals surface area contributed by atoms with Gasteiger partial charge in [0.25, 0.3) is 0 Å². The maximum absolute atomic E-state index is 6.20. The number of hydrogen-bond acceptors (Lipinski definition) is 4. The van der Waals surface area contributed by atoms with Crippen molar-refractivity contribution in [1.29, 1.82) is 0 Å². The van der Waals surface area contributed by atoms with Crippen LogP contribution in [0.1, 0.15) is 11.3 Å². The van der Waals surface area contributed by atoms with Crippen LogP contribution < -0.4 is 4.74 Å². The van der Waals surface area contributed by atoms with Crippen LogP contribution in [0.3, 0.4) is 0 Å². The predicted molar refractivity (Wildman–Crippen MR) is 107 cm³/mol. The summed E-state index contributed by atoms with van der Waals surface area (Å²) in [4.78, 5) is 13.2. The van der Waals surface area contributed by atoms with E-state index in [0.717, 1.165) is 33.5 Å². The Morgan fingerprint density at radius 3 is 2.74 bits per heavy atom. The van der Waals surface area contributed by atoms with Crippen molar-refractivity contribution in [3.05, 3.63) is 70.4 Å². The Kier molecular flexibility index (Phi) is 4.72. The maximum atomic E-state index is 6.20. The highest BCUT2D eigenvalue weighted by atomic mass is 35.5. The van der Waals surface area contributed by atoms with E-state index >= 15 is 0 Å². The minimum Gasteiger partial charge on any atom is -0.487 e. The molecule has 0 aliphatic heterocycles. The summed E-state index contributed by atoms with van der Waals surface area (Å²) in [5, 5.41) is 2.14. The van der Waals surface area contributed by atoms with Crippen molar-refractivity contribution in [2.24, 2.45) is 7.05 Å². The van der Waals surface area contributed by atoms with E-state index in [1.54, 1.807) is 24.7 Å². The van der Waals surface area contributed by atoms with Gasteiger partial charge in [0.05, 0.1) is 11.2 Å². The maximum Gasteiger partial charge on any atom is 0.146 e. The topological polar surface area (TPSA) is 52.8 Å². The van der Waals surface area contributed by atoms with Crippen LogP contribution >= 0.6 is 23.2 Å². The molecule has 4 rings (SSSR count). The molecule has 7 heteroatoms. The third kappa shape index (κ3) is 3.36. The van der Waals surface area contributed by atoms with Crippen molar-refractivity contribution < 1.29 is 4.74 Å². The van der Waals surface area contributed by atoms with Crippen LogP contribution in [0.15, 0.2) is 48.9 Å². The van der Waals surface area contributed by atoms with E-state index in [0.29, 0.717) is 22.5 Å². The Balaban J connectivity index is 1.79. The number of fused-ring (bicyclic) bond motifs is 1. The number of para-hydroxylation sites is 1. The molecule has 5 nitrogen and oxygen atoms in total. The fourth-order valence-electron chi connectivity index (χ4n) is 2.96. The first kappa shape index (κ1) is 17.8. The average molecular weight is 399 g/mol. The first-order chi connectivity index (χ1) is 13.0. The van der Waals surface area contributed by atoms with E-state index < -0.39 is 0 Å². The minimum absolute atomic E-state index is 0.310. The smallest absolute Gasteiger partial charge is 0.146 e. The van der Waals surface area contributed by atoms with E-state index in [1.807, 2.05) is 42.8 Å². The molecule has 0 saturated heterocycles. The van der Waals surface area contributed by atoms with Gasteiger partial charge in [-0.3, -0.25) is 4.98 Å². The van der Waals surface area contributed by atoms with Gasteiger partial charge in [0, 0.05) is 41.6 Å². The predicted octanol–water partition coefficient (Wildman–Crippen LogP) is 5.22. The SMILES string of the molecule is Cc1cc(-c2ncc(Cl)n2C)c2cccc(OCc3cnccc3Cl)c2n1. The van der Waals surface area contributed by atoms with Gasteiger partial charge in [0.1, 0.15) is 28.9 Å². The van der Waals surface area contributed by atoms with Crippen molar-refractivity contribution in [2.75, 3.05) is 0 Å². The van der Waals surface area contributed by atoms with Gasteiger partial charge in [-0.05, 0) is 25.1 Å². The molecule has 0 radical (unpaired) electrons. The quantitative estimate of drug-likeness (QED) is 0.472. The first-order valence-corrected chi connectivity index (χ1v) is 9.09. The first-order valence-electron chi connectivity index (χ1n) is 8.33. The van der Waals surface area contributed by atoms with Crippen LogP contribution in [0.2, 0.25) is 10.2 Å². The number of aryl methyl sites for hydroxylation is 1. The fraction of sp³-hybridized carbons (Fsp3) is 0.150. The molecule has 0 unspecified atom stereocenters. The largest absolute Gasteiger partial charge is 0.487 e. The summed E-state index contributed by atoms with van der Waals surface area (Å²) in [5.41, 5.74) is 3.41. The van der Waals surface area contributed by atoms with Crippen molar-refractivity contribution >= 4 is 34.1 Å². The van der Waals surface area contributed by atoms with Crippen LogP contribution in [-0.2, 0) is 13.7 Å². The lowest BCUT2D eigenvalue weighted by molar-refractivity contribution is 0.309. The highest BCUT2D eigenvalue weighted by Crippen LogP contribution is 2.33. The summed E-state index contributed by atoms with van der Waals surface area (Å²) >= 11 is 12.4. The van der Waals surface area contributed by atoms with Gasteiger partial charge in [-0.2, -0.15) is 0 Å². The number of imidazole rings is 1. The molecule has 3 heterocycles. The minimum atomic E-state index is 0.310. The lowest BCUT2D eigenvalue weighted by Crippen LogP contribution is -2.00. The second-order valence-electron chi connectivity index (χ2n) is 6.18. The molecule has 4 aromatic rings. The van der Waals surface area contributed by atoms with Gasteiger partial charge in [-0.15, -0.1) is 0 Å². The number of ether oxygens (including phenoxy) is 1. The van der Waals surface area contributed by atoms with Gasteiger partial charge in [0.15, 0.2) is 0 Å². The Labute approximate surface area is 166 Å². The summed E-state index contributed by atoms with van der Waals surface area (Å²) in [6.45, 7) is 2.26. The molecular weight excluding hydrogens is 383 g/mol. The van der Waals surface area contributed by atoms with Crippen molar-refractivity contribution in [3.8, 4) is 17.1 Å². The van der Waals surface area contributed by atoms with E-state index in [9.17, 15) is 0 Å². The third-order valence-corrected chi connectivity index (χ3v) is 5.05. The van der Waals surface area contributed by atoms with Crippen molar-refractivity contribution in [2.45, 2.75) is 13.5 Å². The number of halogens is 2. The molecule has 0 N–H and O–H groups in total. The molecule has 0 aliphatic carbocycles. The molecule has 0 spiro atoms. The van der Waals surface area contributed by atoms with Gasteiger partial charge in [-0.1, -0.05) is 35.3 Å². The van der Waals surface area contributed by atoms with Crippen LogP contribution in [0, 0.1) is 6.92 Å². The van der Waals surface area contributed by atoms with E-state index in [2.05, 4.69) is 15.0 Å². The lowest BCUT2D eigenvalue weighted by Gasteiger charge is -2.13. The van der Waals surface area contributed by atoms with Crippen molar-refractivity contribution in [1.82, 2.24) is 19.5 Å². The third-order valence-electron chi connectivity index (χ3n) is 4.33. The molecule has 0 bridgehead atoms. The monoisotopic (exact) mass is 398 g/mol. The molecular formula is C20H16Cl2N4O. The number of rotatable bonds is 4. The molecule has 0 atom stereocenters. The van der Waals surface area contributed by atoms with Crippen LogP contribution in [0.25, 0.3) is 22.3 Å². The van der Waals surface area contributed by atoms with Crippen LogP contribution in [0.5, 0.6) is 5.75 Å². The second kappa shape index (κ2) is 7.18. The molecule has 0 saturated carbocycles. The summed E-state index contributed by atoms with van der Waals surface area (Å²) in [7, 11) is 1.89. The molecule has 1 aromatic carbocycles. The lowest BCUT2D eigenvalue weighted by atomic mass is 10.1. The Morgan fingerprint density at radius 2 is 2.00 bits per heavy atom. The van der Waals surface area contributed by atoms with Gasteiger partial charge in [-0.25, -0.2) is 9.97 Å². The Hall–Kier alpha value is -2.63. The van der Waals surface area contributed by atoms with Crippen molar-refractivity contribution in [3.63, 3.8) is 0 Å². The zero-order valence-electron chi connectivity index (χ0n) is 14.8. The zero-order chi connectivity index (χ0) is 19.0. The van der Waals surface area contributed by atoms with Gasteiger partial charge in [0.2, 0.25) is 0 Å². The number of benzene rings is 1. The Bertz CT molecular complexity index is 1140. The second-order valence-corrected chi connectivity index (χ2v) is 6.98. The van der Waals surface area contributed by atoms with Crippen LogP contribution in [0.4, 0.5) is 0 Å². The average Bonchev–Trinajstić information content (AvgIpc) is 2.99. The highest BCUT2D eigenvalue weighted by Gasteiger charge is 2.15. The van der Waals surface area contributed by atoms with Crippen LogP contribution in [-0.4, -0.2) is 19.5 Å². The summed E-state index contributed by atoms with van der Waals surface area (Å²) in [6, 6.07) is 9.59. The molecule has 0 aliphatic rings. The summed E-state index contributed by atoms with van der Waals surface area (Å²) in [6.07, 6.45) is 5.00. The summed E-state index contributed by atoms with van der Waals surface area (Å²) in [5.74, 6) is 1.46. The van der Waals surface area contributed by atoms with E-state index in [-0.39, 0.29) is 0 Å². The molecule has 3 aromatic heterocycles. The zero-order valence-corrected chi connectivity index (χ0v) is 16.3. The number of nitrogens with zero attached hydrogens (tertiary/aromatic N) is 4. The number of hydrogen-bond donors (Lipinski definition) is 0. The standard InChI is InChI=1S/C20H16Cl2N4O/c1-12-8-15(20-24-10-18(22)26(20)2)14-4-3-5-17(19(14)25-12)27-11-13-9-23-7-6-16(13)21/h3-10H,11H2,1-2H3. The van der Waals surface area contributed by atoms with E-state index in [4.69, 9.17) is 27.9 Å². The Morgan fingerprint density at radius 1 is 1.15 bits per heavy atom. The molecule has 0 amide bonds. The van der Waals surface area contributed by atoms with Gasteiger partial charge < -0.3 is 9.30 Å². The number of aromatic nitrogens is 4. The molecule has 0 fully saturated rings. The van der Waals surface area contributed by atoms with Gasteiger partial charge >= 0.3 is 0 Å². The highest BCUT2D eigenvalue weighted by molar-refractivity contribution is 6.31. The molecule has 27 heavy (non-hydrogen) atoms. The molecule has 136 valence electrons. The van der Waals surface area contributed by atoms with E-state index in [1.165, 1.54) is 0 Å². The fourth-order valence-corrected chi connectivity index (χ4v) is 3.25. The normalized spacial score (nSPS) is 11.1. The summed E-state index contributed by atoms with van der Waals surface area (Å²) < 4.78 is 7.87.